The number of nitrogens with zero attached hydrogens (tertiary/aromatic N) is 2. The van der Waals surface area contributed by atoms with Gasteiger partial charge in [-0.2, -0.15) is 0 Å². The van der Waals surface area contributed by atoms with E-state index in [1.807, 2.05) is 42.5 Å². The lowest BCUT2D eigenvalue weighted by atomic mass is 10.0. The smallest absolute Gasteiger partial charge is 0.170 e. The third-order valence-electron chi connectivity index (χ3n) is 4.87. The first-order valence-corrected chi connectivity index (χ1v) is 10.3. The van der Waals surface area contributed by atoms with Crippen molar-refractivity contribution >= 4 is 40.5 Å². The third-order valence-corrected chi connectivity index (χ3v) is 6.04. The molecule has 150 valence electrons. The molecule has 8 heteroatoms. The number of pyridine rings is 1. The molecule has 4 rings (SSSR count). The fraction of sp³-hybridized carbons (Fsp3) is 0.238. The number of ether oxygens (including phenoxy) is 1. The van der Waals surface area contributed by atoms with E-state index < -0.39 is 0 Å². The van der Waals surface area contributed by atoms with Crippen LogP contribution >= 0.6 is 35.4 Å². The fourth-order valence-electron chi connectivity index (χ4n) is 3.50. The zero-order valence-corrected chi connectivity index (χ0v) is 18.0. The second-order valence-corrected chi connectivity index (χ2v) is 7.79. The lowest BCUT2D eigenvalue weighted by Crippen LogP contribution is -2.32. The van der Waals surface area contributed by atoms with E-state index in [2.05, 4.69) is 15.2 Å². The second kappa shape index (κ2) is 8.71. The van der Waals surface area contributed by atoms with Crippen LogP contribution in [0.2, 0.25) is 10.0 Å². The lowest BCUT2D eigenvalue weighted by Gasteiger charge is -2.25. The Morgan fingerprint density at radius 2 is 2.03 bits per heavy atom. The molecule has 1 aliphatic rings. The zero-order valence-electron chi connectivity index (χ0n) is 15.6. The molecule has 29 heavy (non-hydrogen) atoms. The van der Waals surface area contributed by atoms with Gasteiger partial charge in [-0.3, -0.25) is 4.98 Å². The average Bonchev–Trinajstić information content (AvgIpc) is 3.33. The number of hydrogen-bond donors (Lipinski definition) is 1. The van der Waals surface area contributed by atoms with Crippen molar-refractivity contribution in [1.29, 1.82) is 0 Å². The maximum atomic E-state index is 6.38. The molecule has 3 heterocycles. The van der Waals surface area contributed by atoms with Crippen molar-refractivity contribution in [3.63, 3.8) is 0 Å². The number of nitrogens with one attached hydrogen (secondary N) is 1. The standard InChI is InChI=1S/C21H19Cl2N3O2S/c1-27-12-11-26-20(19(25-21(26)29)15-7-2-3-10-24-15)17-9-8-16(28-17)13-5-4-6-14(22)18(13)23/h2-10,19-20H,11-12H2,1H3,(H,25,29). The number of benzene rings is 1. The van der Waals surface area contributed by atoms with Crippen molar-refractivity contribution < 1.29 is 9.15 Å². The Balaban J connectivity index is 1.73. The van der Waals surface area contributed by atoms with Crippen LogP contribution in [-0.2, 0) is 4.74 Å². The minimum absolute atomic E-state index is 0.144. The van der Waals surface area contributed by atoms with Crippen LogP contribution in [0.5, 0.6) is 0 Å². The van der Waals surface area contributed by atoms with E-state index in [0.717, 1.165) is 17.0 Å². The van der Waals surface area contributed by atoms with Crippen molar-refractivity contribution in [2.45, 2.75) is 12.1 Å². The molecule has 1 fully saturated rings. The van der Waals surface area contributed by atoms with E-state index in [0.29, 0.717) is 34.1 Å². The van der Waals surface area contributed by atoms with E-state index in [-0.39, 0.29) is 12.1 Å². The summed E-state index contributed by atoms with van der Waals surface area (Å²) in [5, 5.41) is 4.97. The van der Waals surface area contributed by atoms with Gasteiger partial charge in [0, 0.05) is 25.4 Å². The summed E-state index contributed by atoms with van der Waals surface area (Å²) in [6.07, 6.45) is 1.77. The Labute approximate surface area is 184 Å². The Bertz CT molecular complexity index is 1010. The SMILES string of the molecule is COCCN1C(=S)NC(c2ccccn2)C1c1ccc(-c2cccc(Cl)c2Cl)o1. The molecule has 2 atom stereocenters. The van der Waals surface area contributed by atoms with E-state index in [1.165, 1.54) is 0 Å². The number of thiocarbonyl (C=S) groups is 1. The van der Waals surface area contributed by atoms with Gasteiger partial charge in [-0.15, -0.1) is 0 Å². The molecule has 0 bridgehead atoms. The number of aromatic nitrogens is 1. The Morgan fingerprint density at radius 3 is 2.79 bits per heavy atom. The van der Waals surface area contributed by atoms with Crippen molar-refractivity contribution in [2.75, 3.05) is 20.3 Å². The van der Waals surface area contributed by atoms with Crippen molar-refractivity contribution in [3.8, 4) is 11.3 Å². The van der Waals surface area contributed by atoms with Gasteiger partial charge in [-0.05, 0) is 48.6 Å². The summed E-state index contributed by atoms with van der Waals surface area (Å²) in [6.45, 7) is 1.17. The molecule has 1 N–H and O–H groups in total. The monoisotopic (exact) mass is 447 g/mol. The second-order valence-electron chi connectivity index (χ2n) is 6.62. The van der Waals surface area contributed by atoms with Crippen LogP contribution in [-0.4, -0.2) is 35.3 Å². The molecule has 3 aromatic rings. The van der Waals surface area contributed by atoms with Crippen molar-refractivity contribution in [2.24, 2.45) is 0 Å². The van der Waals surface area contributed by atoms with Gasteiger partial charge in [0.2, 0.25) is 0 Å². The number of rotatable bonds is 6. The maximum absolute atomic E-state index is 6.38. The molecule has 2 unspecified atom stereocenters. The molecule has 0 amide bonds. The third kappa shape index (κ3) is 3.98. The first-order valence-electron chi connectivity index (χ1n) is 9.11. The predicted octanol–water partition coefficient (Wildman–Crippen LogP) is 5.27. The van der Waals surface area contributed by atoms with Gasteiger partial charge in [0.15, 0.2) is 5.11 Å². The van der Waals surface area contributed by atoms with E-state index in [4.69, 9.17) is 44.6 Å². The molecule has 0 spiro atoms. The van der Waals surface area contributed by atoms with E-state index in [9.17, 15) is 0 Å². The average molecular weight is 448 g/mol. The summed E-state index contributed by atoms with van der Waals surface area (Å²) >= 11 is 18.1. The number of hydrogen-bond acceptors (Lipinski definition) is 4. The summed E-state index contributed by atoms with van der Waals surface area (Å²) in [7, 11) is 1.67. The molecule has 1 saturated heterocycles. The van der Waals surface area contributed by atoms with E-state index in [1.54, 1.807) is 19.4 Å². The highest BCUT2D eigenvalue weighted by Crippen LogP contribution is 2.41. The van der Waals surface area contributed by atoms with Crippen LogP contribution in [0.15, 0.2) is 59.1 Å². The molecule has 0 saturated carbocycles. The number of halogens is 2. The molecular weight excluding hydrogens is 429 g/mol. The van der Waals surface area contributed by atoms with Crippen LogP contribution in [0.3, 0.4) is 0 Å². The molecule has 2 aromatic heterocycles. The fourth-order valence-corrected chi connectivity index (χ4v) is 4.22. The van der Waals surface area contributed by atoms with Gasteiger partial charge in [-0.1, -0.05) is 35.3 Å². The van der Waals surface area contributed by atoms with Crippen LogP contribution < -0.4 is 5.32 Å². The zero-order chi connectivity index (χ0) is 20.4. The first-order chi connectivity index (χ1) is 14.1. The molecule has 0 aliphatic carbocycles. The quantitative estimate of drug-likeness (QED) is 0.519. The van der Waals surface area contributed by atoms with Crippen LogP contribution in [0.4, 0.5) is 0 Å². The Kier molecular flexibility index (Phi) is 6.06. The highest BCUT2D eigenvalue weighted by atomic mass is 35.5. The lowest BCUT2D eigenvalue weighted by molar-refractivity contribution is 0.158. The highest BCUT2D eigenvalue weighted by molar-refractivity contribution is 7.80. The highest BCUT2D eigenvalue weighted by Gasteiger charge is 2.41. The Morgan fingerprint density at radius 1 is 1.17 bits per heavy atom. The molecule has 5 nitrogen and oxygen atoms in total. The topological polar surface area (TPSA) is 50.5 Å². The van der Waals surface area contributed by atoms with Crippen LogP contribution in [0.25, 0.3) is 11.3 Å². The normalized spacial score (nSPS) is 18.9. The summed E-state index contributed by atoms with van der Waals surface area (Å²) in [6, 6.07) is 14.8. The Hall–Kier alpha value is -2.12. The molecule has 0 radical (unpaired) electrons. The summed E-state index contributed by atoms with van der Waals surface area (Å²) < 4.78 is 11.5. The van der Waals surface area contributed by atoms with Crippen LogP contribution in [0, 0.1) is 0 Å². The van der Waals surface area contributed by atoms with Gasteiger partial charge in [0.05, 0.1) is 28.4 Å². The molecule has 1 aliphatic heterocycles. The van der Waals surface area contributed by atoms with Gasteiger partial charge < -0.3 is 19.4 Å². The van der Waals surface area contributed by atoms with Gasteiger partial charge in [0.25, 0.3) is 0 Å². The van der Waals surface area contributed by atoms with Gasteiger partial charge in [-0.25, -0.2) is 0 Å². The first kappa shape index (κ1) is 20.2. The number of furan rings is 1. The number of methoxy groups -OCH3 is 1. The molecular formula is C21H19Cl2N3O2S. The van der Waals surface area contributed by atoms with Crippen LogP contribution in [0.1, 0.15) is 23.5 Å². The summed E-state index contributed by atoms with van der Waals surface area (Å²) in [5.41, 5.74) is 1.63. The summed E-state index contributed by atoms with van der Waals surface area (Å²) in [4.78, 5) is 6.59. The van der Waals surface area contributed by atoms with Gasteiger partial charge in [0.1, 0.15) is 17.6 Å². The van der Waals surface area contributed by atoms with Crippen molar-refractivity contribution in [1.82, 2.24) is 15.2 Å². The predicted molar refractivity (Wildman–Crippen MR) is 118 cm³/mol. The minimum Gasteiger partial charge on any atom is -0.459 e. The summed E-state index contributed by atoms with van der Waals surface area (Å²) in [5.74, 6) is 1.41. The van der Waals surface area contributed by atoms with E-state index >= 15 is 0 Å². The van der Waals surface area contributed by atoms with Gasteiger partial charge >= 0.3 is 0 Å². The minimum atomic E-state index is -0.167. The maximum Gasteiger partial charge on any atom is 0.170 e. The van der Waals surface area contributed by atoms with Crippen molar-refractivity contribution in [3.05, 3.63) is 76.2 Å². The molecule has 1 aromatic carbocycles. The largest absolute Gasteiger partial charge is 0.459 e.